The monoisotopic (exact) mass is 389 g/mol. The molecule has 1 unspecified atom stereocenters. The van der Waals surface area contributed by atoms with E-state index in [1.807, 2.05) is 12.1 Å². The predicted molar refractivity (Wildman–Crippen MR) is 106 cm³/mol. The number of carbonyl (C=O) groups excluding carboxylic acids is 1. The van der Waals surface area contributed by atoms with Gasteiger partial charge in [0.05, 0.1) is 6.61 Å². The summed E-state index contributed by atoms with van der Waals surface area (Å²) in [5.41, 5.74) is 2.13. The van der Waals surface area contributed by atoms with Crippen LogP contribution in [0.1, 0.15) is 25.3 Å². The molecule has 0 aromatic heterocycles. The average Bonchev–Trinajstić information content (AvgIpc) is 2.59. The molecule has 1 atom stereocenters. The van der Waals surface area contributed by atoms with Crippen LogP contribution in [0.5, 0.6) is 0 Å². The highest BCUT2D eigenvalue weighted by molar-refractivity contribution is 5.94. The Morgan fingerprint density at radius 2 is 1.92 bits per heavy atom. The molecule has 25 heavy (non-hydrogen) atoms. The van der Waals surface area contributed by atoms with Gasteiger partial charge in [-0.2, -0.15) is 0 Å². The molecule has 2 saturated heterocycles. The highest BCUT2D eigenvalue weighted by atomic mass is 35.5. The molecule has 0 spiro atoms. The largest absolute Gasteiger partial charge is 0.366 e. The first-order chi connectivity index (χ1) is 11.2. The third-order valence-corrected chi connectivity index (χ3v) is 4.72. The van der Waals surface area contributed by atoms with Crippen molar-refractivity contribution in [3.8, 4) is 0 Å². The molecule has 2 heterocycles. The summed E-state index contributed by atoms with van der Waals surface area (Å²) in [6, 6.07) is 8.17. The highest BCUT2D eigenvalue weighted by Gasteiger charge is 2.21. The van der Waals surface area contributed by atoms with Crippen LogP contribution in [0.4, 0.5) is 5.69 Å². The zero-order valence-corrected chi connectivity index (χ0v) is 16.3. The molecule has 1 aromatic rings. The van der Waals surface area contributed by atoms with Crippen LogP contribution in [0.3, 0.4) is 0 Å². The molecule has 2 aliphatic rings. The summed E-state index contributed by atoms with van der Waals surface area (Å²) >= 11 is 0. The van der Waals surface area contributed by atoms with Gasteiger partial charge in [0.1, 0.15) is 6.10 Å². The van der Waals surface area contributed by atoms with Gasteiger partial charge >= 0.3 is 0 Å². The van der Waals surface area contributed by atoms with Gasteiger partial charge in [0.2, 0.25) is 0 Å². The lowest BCUT2D eigenvalue weighted by molar-refractivity contribution is -0.128. The van der Waals surface area contributed by atoms with Crippen molar-refractivity contribution in [3.63, 3.8) is 0 Å². The summed E-state index contributed by atoms with van der Waals surface area (Å²) in [6.07, 6.45) is 2.20. The van der Waals surface area contributed by atoms with Gasteiger partial charge in [0.15, 0.2) is 0 Å². The van der Waals surface area contributed by atoms with Crippen molar-refractivity contribution < 1.29 is 9.53 Å². The van der Waals surface area contributed by atoms with Crippen molar-refractivity contribution in [1.82, 2.24) is 10.2 Å². The minimum absolute atomic E-state index is 0. The molecule has 2 aliphatic heterocycles. The number of benzene rings is 1. The topological polar surface area (TPSA) is 53.6 Å². The summed E-state index contributed by atoms with van der Waals surface area (Å²) in [4.78, 5) is 14.6. The van der Waals surface area contributed by atoms with E-state index in [0.29, 0.717) is 13.2 Å². The summed E-state index contributed by atoms with van der Waals surface area (Å²) in [7, 11) is 0. The van der Waals surface area contributed by atoms with Crippen molar-refractivity contribution in [3.05, 3.63) is 29.8 Å². The second-order valence-electron chi connectivity index (χ2n) is 6.71. The number of carbonyl (C=O) groups is 1. The highest BCUT2D eigenvalue weighted by Crippen LogP contribution is 2.19. The first kappa shape index (κ1) is 22.2. The van der Waals surface area contributed by atoms with Crippen LogP contribution in [0.15, 0.2) is 24.3 Å². The van der Waals surface area contributed by atoms with Gasteiger partial charge in [-0.15, -0.1) is 24.8 Å². The van der Waals surface area contributed by atoms with E-state index >= 15 is 0 Å². The lowest BCUT2D eigenvalue weighted by Crippen LogP contribution is -2.45. The van der Waals surface area contributed by atoms with Gasteiger partial charge < -0.3 is 15.4 Å². The number of hydrogen-bond donors (Lipinski definition) is 2. The number of rotatable bonds is 4. The molecule has 0 saturated carbocycles. The molecule has 5 nitrogen and oxygen atoms in total. The zero-order chi connectivity index (χ0) is 16.1. The van der Waals surface area contributed by atoms with Crippen molar-refractivity contribution in [1.29, 1.82) is 0 Å². The molecule has 2 fully saturated rings. The second kappa shape index (κ2) is 11.0. The number of nitrogens with one attached hydrogen (secondary N) is 2. The van der Waals surface area contributed by atoms with Crippen LogP contribution in [0.25, 0.3) is 0 Å². The van der Waals surface area contributed by atoms with E-state index in [2.05, 4.69) is 34.6 Å². The minimum Gasteiger partial charge on any atom is -0.366 e. The number of ether oxygens (including phenoxy) is 1. The van der Waals surface area contributed by atoms with E-state index in [0.717, 1.165) is 24.7 Å². The van der Waals surface area contributed by atoms with Crippen LogP contribution >= 0.6 is 24.8 Å². The van der Waals surface area contributed by atoms with Gasteiger partial charge in [-0.1, -0.05) is 19.1 Å². The summed E-state index contributed by atoms with van der Waals surface area (Å²) < 4.78 is 5.46. The smallest absolute Gasteiger partial charge is 0.254 e. The van der Waals surface area contributed by atoms with E-state index in [-0.39, 0.29) is 30.7 Å². The molecule has 7 heteroatoms. The van der Waals surface area contributed by atoms with Crippen LogP contribution in [0.2, 0.25) is 0 Å². The summed E-state index contributed by atoms with van der Waals surface area (Å²) in [6.45, 7) is 7.69. The molecule has 0 bridgehead atoms. The molecule has 2 N–H and O–H groups in total. The Balaban J connectivity index is 0.00000156. The Labute approximate surface area is 162 Å². The molecule has 0 radical (unpaired) electrons. The third kappa shape index (κ3) is 6.76. The Kier molecular flexibility index (Phi) is 9.75. The van der Waals surface area contributed by atoms with Crippen molar-refractivity contribution >= 4 is 36.4 Å². The number of piperidine rings is 1. The van der Waals surface area contributed by atoms with E-state index in [1.54, 1.807) is 0 Å². The number of amides is 1. The number of likely N-dealkylation sites (tertiary alicyclic amines) is 1. The maximum Gasteiger partial charge on any atom is 0.254 e. The van der Waals surface area contributed by atoms with Gasteiger partial charge in [0, 0.05) is 25.3 Å². The summed E-state index contributed by atoms with van der Waals surface area (Å²) in [5, 5.41) is 6.10. The maximum absolute atomic E-state index is 12.1. The van der Waals surface area contributed by atoms with Crippen molar-refractivity contribution in [2.24, 2.45) is 5.92 Å². The zero-order valence-electron chi connectivity index (χ0n) is 14.7. The SMILES string of the molecule is CC1CCN(Cc2ccc(NC(=O)C3CNCCO3)cc2)CC1.Cl.Cl. The quantitative estimate of drug-likeness (QED) is 0.830. The van der Waals surface area contributed by atoms with E-state index < -0.39 is 6.10 Å². The fraction of sp³-hybridized carbons (Fsp3) is 0.611. The van der Waals surface area contributed by atoms with Crippen LogP contribution in [-0.2, 0) is 16.1 Å². The predicted octanol–water partition coefficient (Wildman–Crippen LogP) is 2.69. The minimum atomic E-state index is -0.390. The number of hydrogen-bond acceptors (Lipinski definition) is 4. The molecule has 1 aromatic carbocycles. The van der Waals surface area contributed by atoms with Crippen molar-refractivity contribution in [2.75, 3.05) is 38.1 Å². The normalized spacial score (nSPS) is 21.7. The van der Waals surface area contributed by atoms with Crippen molar-refractivity contribution in [2.45, 2.75) is 32.4 Å². The Morgan fingerprint density at radius 1 is 1.24 bits per heavy atom. The molecule has 142 valence electrons. The van der Waals surface area contributed by atoms with Gasteiger partial charge in [-0.25, -0.2) is 0 Å². The van der Waals surface area contributed by atoms with E-state index in [1.165, 1.54) is 31.5 Å². The molecular weight excluding hydrogens is 361 g/mol. The number of nitrogens with zero attached hydrogens (tertiary/aromatic N) is 1. The molecule has 0 aliphatic carbocycles. The fourth-order valence-electron chi connectivity index (χ4n) is 3.13. The average molecular weight is 390 g/mol. The van der Waals surface area contributed by atoms with Gasteiger partial charge in [-0.05, 0) is 49.5 Å². The Bertz CT molecular complexity index is 514. The maximum atomic E-state index is 12.1. The van der Waals surface area contributed by atoms with Gasteiger partial charge in [0.25, 0.3) is 5.91 Å². The Morgan fingerprint density at radius 3 is 2.52 bits per heavy atom. The standard InChI is InChI=1S/C18H27N3O2.2ClH/c1-14-6-9-21(10-7-14)13-15-2-4-16(5-3-15)20-18(22)17-12-19-8-11-23-17;;/h2-5,14,17,19H,6-13H2,1H3,(H,20,22);2*1H. The van der Waals surface area contributed by atoms with Crippen LogP contribution in [-0.4, -0.2) is 49.7 Å². The molecule has 1 amide bonds. The number of morpholine rings is 1. The lowest BCUT2D eigenvalue weighted by atomic mass is 9.99. The molecule has 3 rings (SSSR count). The second-order valence-corrected chi connectivity index (χ2v) is 6.71. The van der Waals surface area contributed by atoms with E-state index in [9.17, 15) is 4.79 Å². The first-order valence-corrected chi connectivity index (χ1v) is 8.65. The van der Waals surface area contributed by atoms with Gasteiger partial charge in [-0.3, -0.25) is 9.69 Å². The fourth-order valence-corrected chi connectivity index (χ4v) is 3.13. The van der Waals surface area contributed by atoms with Crippen LogP contribution < -0.4 is 10.6 Å². The number of anilines is 1. The lowest BCUT2D eigenvalue weighted by Gasteiger charge is -2.30. The van der Waals surface area contributed by atoms with E-state index in [4.69, 9.17) is 4.74 Å². The first-order valence-electron chi connectivity index (χ1n) is 8.65. The molecular formula is C18H29Cl2N3O2. The third-order valence-electron chi connectivity index (χ3n) is 4.72. The van der Waals surface area contributed by atoms with Crippen LogP contribution in [0, 0.1) is 5.92 Å². The Hall–Kier alpha value is -0.850. The summed E-state index contributed by atoms with van der Waals surface area (Å²) in [5.74, 6) is 0.787. The number of halogens is 2.